The Morgan fingerprint density at radius 3 is 2.26 bits per heavy atom. The predicted molar refractivity (Wildman–Crippen MR) is 165 cm³/mol. The minimum Gasteiger partial charge on any atom is -0.497 e. The van der Waals surface area contributed by atoms with Crippen LogP contribution in [0.15, 0.2) is 77.7 Å². The molecule has 0 spiro atoms. The molecular formula is C31H38N4O7S. The van der Waals surface area contributed by atoms with Gasteiger partial charge in [-0.1, -0.05) is 43.3 Å². The molecule has 0 aromatic heterocycles. The van der Waals surface area contributed by atoms with E-state index in [9.17, 15) is 28.1 Å². The lowest BCUT2D eigenvalue weighted by Crippen LogP contribution is -2.53. The molecule has 2 atom stereocenters. The quantitative estimate of drug-likeness (QED) is 0.210. The van der Waals surface area contributed by atoms with Gasteiger partial charge in [-0.15, -0.1) is 0 Å². The van der Waals surface area contributed by atoms with Crippen LogP contribution in [-0.4, -0.2) is 62.3 Å². The predicted octanol–water partition coefficient (Wildman–Crippen LogP) is 4.48. The van der Waals surface area contributed by atoms with Gasteiger partial charge in [0, 0.05) is 24.2 Å². The van der Waals surface area contributed by atoms with E-state index >= 15 is 0 Å². The molecule has 0 heterocycles. The number of benzene rings is 3. The van der Waals surface area contributed by atoms with Crippen LogP contribution in [0.2, 0.25) is 0 Å². The summed E-state index contributed by atoms with van der Waals surface area (Å²) in [5.74, 6) is -0.495. The van der Waals surface area contributed by atoms with E-state index in [1.54, 1.807) is 19.1 Å². The first-order valence-corrected chi connectivity index (χ1v) is 15.4. The molecule has 2 amide bonds. The van der Waals surface area contributed by atoms with E-state index in [4.69, 9.17) is 4.74 Å². The van der Waals surface area contributed by atoms with Gasteiger partial charge in [0.15, 0.2) is 0 Å². The molecule has 0 fully saturated rings. The molecule has 230 valence electrons. The third-order valence-corrected chi connectivity index (χ3v) is 9.03. The first-order valence-electron chi connectivity index (χ1n) is 13.9. The summed E-state index contributed by atoms with van der Waals surface area (Å²) in [6.07, 6.45) is 1.13. The summed E-state index contributed by atoms with van der Waals surface area (Å²) in [7, 11) is -3.00. The van der Waals surface area contributed by atoms with Crippen molar-refractivity contribution in [3.05, 3.63) is 94.0 Å². The van der Waals surface area contributed by atoms with Crippen molar-refractivity contribution in [1.82, 2.24) is 10.2 Å². The van der Waals surface area contributed by atoms with E-state index in [1.165, 1.54) is 43.2 Å². The van der Waals surface area contributed by atoms with E-state index in [-0.39, 0.29) is 34.8 Å². The summed E-state index contributed by atoms with van der Waals surface area (Å²) in [4.78, 5) is 39.1. The minimum atomic E-state index is -4.47. The van der Waals surface area contributed by atoms with Crippen molar-refractivity contribution in [2.45, 2.75) is 57.5 Å². The van der Waals surface area contributed by atoms with E-state index in [0.29, 0.717) is 24.2 Å². The number of anilines is 1. The second-order valence-corrected chi connectivity index (χ2v) is 12.1. The van der Waals surface area contributed by atoms with Gasteiger partial charge in [0.1, 0.15) is 18.3 Å². The van der Waals surface area contributed by atoms with E-state index in [2.05, 4.69) is 5.32 Å². The Hall–Kier alpha value is -4.45. The normalized spacial score (nSPS) is 12.6. The topological polar surface area (TPSA) is 139 Å². The molecule has 0 aliphatic heterocycles. The van der Waals surface area contributed by atoms with Crippen LogP contribution in [0.4, 0.5) is 11.4 Å². The molecule has 11 nitrogen and oxygen atoms in total. The Morgan fingerprint density at radius 2 is 1.67 bits per heavy atom. The van der Waals surface area contributed by atoms with Gasteiger partial charge >= 0.3 is 0 Å². The third kappa shape index (κ3) is 8.31. The second-order valence-electron chi connectivity index (χ2n) is 10.2. The Labute approximate surface area is 252 Å². The summed E-state index contributed by atoms with van der Waals surface area (Å²) in [5.41, 5.74) is 1.03. The summed E-state index contributed by atoms with van der Waals surface area (Å²) in [6, 6.07) is 18.1. The molecule has 0 unspecified atom stereocenters. The van der Waals surface area contributed by atoms with Crippen molar-refractivity contribution in [2.24, 2.45) is 0 Å². The van der Waals surface area contributed by atoms with E-state index in [1.807, 2.05) is 44.2 Å². The SMILES string of the molecule is CC[C@H](C)NC(=O)[C@H](C)N(CCc1ccccc1)C(=O)CN(c1ccc(OC)cc1)S(=O)(=O)c1ccc(C)c([N+](=O)[O-])c1. The molecule has 0 aliphatic rings. The molecule has 0 saturated heterocycles. The first-order chi connectivity index (χ1) is 20.4. The molecular weight excluding hydrogens is 572 g/mol. The van der Waals surface area contributed by atoms with Crippen molar-refractivity contribution >= 4 is 33.2 Å². The maximum Gasteiger partial charge on any atom is 0.273 e. The van der Waals surface area contributed by atoms with E-state index in [0.717, 1.165) is 15.9 Å². The number of carbonyl (C=O) groups is 2. The van der Waals surface area contributed by atoms with Crippen molar-refractivity contribution in [3.8, 4) is 5.75 Å². The summed E-state index contributed by atoms with van der Waals surface area (Å²) < 4.78 is 34.1. The molecule has 0 radical (unpaired) electrons. The second kappa shape index (κ2) is 14.6. The fourth-order valence-electron chi connectivity index (χ4n) is 4.39. The molecule has 3 aromatic carbocycles. The Morgan fingerprint density at radius 1 is 1.02 bits per heavy atom. The molecule has 0 bridgehead atoms. The van der Waals surface area contributed by atoms with Crippen LogP contribution < -0.4 is 14.4 Å². The summed E-state index contributed by atoms with van der Waals surface area (Å²) >= 11 is 0. The standard InChI is InChI=1S/C31H38N4O7S/c1-6-23(3)32-31(37)24(4)33(19-18-25-10-8-7-9-11-25)30(36)21-34(26-13-15-27(42-5)16-14-26)43(40,41)28-17-12-22(2)29(20-28)35(38)39/h7-17,20,23-24H,6,18-19,21H2,1-5H3,(H,32,37)/t23-,24-/m0/s1. The lowest BCUT2D eigenvalue weighted by molar-refractivity contribution is -0.385. The van der Waals surface area contributed by atoms with Gasteiger partial charge in [-0.2, -0.15) is 0 Å². The number of ether oxygens (including phenoxy) is 1. The van der Waals surface area contributed by atoms with Crippen molar-refractivity contribution in [1.29, 1.82) is 0 Å². The maximum atomic E-state index is 14.0. The van der Waals surface area contributed by atoms with Crippen LogP contribution in [0.1, 0.15) is 38.3 Å². The van der Waals surface area contributed by atoms with Crippen LogP contribution >= 0.6 is 0 Å². The fraction of sp³-hybridized carbons (Fsp3) is 0.355. The molecule has 3 aromatic rings. The molecule has 3 rings (SSSR count). The highest BCUT2D eigenvalue weighted by atomic mass is 32.2. The first kappa shape index (κ1) is 33.1. The number of aryl methyl sites for hydroxylation is 1. The summed E-state index contributed by atoms with van der Waals surface area (Å²) in [6.45, 7) is 6.42. The number of hydrogen-bond donors (Lipinski definition) is 1. The number of methoxy groups -OCH3 is 1. The number of nitrogens with one attached hydrogen (secondary N) is 1. The zero-order valence-corrected chi connectivity index (χ0v) is 25.8. The van der Waals surface area contributed by atoms with Crippen LogP contribution in [0, 0.1) is 17.0 Å². The largest absolute Gasteiger partial charge is 0.497 e. The van der Waals surface area contributed by atoms with Crippen LogP contribution in [0.5, 0.6) is 5.75 Å². The van der Waals surface area contributed by atoms with Crippen molar-refractivity contribution < 1.29 is 27.7 Å². The number of nitro benzene ring substituents is 1. The average molecular weight is 611 g/mol. The third-order valence-electron chi connectivity index (χ3n) is 7.26. The van der Waals surface area contributed by atoms with E-state index < -0.39 is 33.4 Å². The fourth-order valence-corrected chi connectivity index (χ4v) is 5.82. The molecule has 1 N–H and O–H groups in total. The highest BCUT2D eigenvalue weighted by molar-refractivity contribution is 7.92. The zero-order chi connectivity index (χ0) is 31.7. The van der Waals surface area contributed by atoms with Crippen LogP contribution in [0.25, 0.3) is 0 Å². The minimum absolute atomic E-state index is 0.116. The van der Waals surface area contributed by atoms with Crippen LogP contribution in [-0.2, 0) is 26.0 Å². The lowest BCUT2D eigenvalue weighted by atomic mass is 10.1. The highest BCUT2D eigenvalue weighted by Crippen LogP contribution is 2.29. The lowest BCUT2D eigenvalue weighted by Gasteiger charge is -2.32. The monoisotopic (exact) mass is 610 g/mol. The van der Waals surface area contributed by atoms with Gasteiger partial charge < -0.3 is 15.0 Å². The Kier molecular flexibility index (Phi) is 11.2. The molecule has 0 aliphatic carbocycles. The Bertz CT molecular complexity index is 1530. The number of rotatable bonds is 14. The van der Waals surface area contributed by atoms with Gasteiger partial charge in [0.2, 0.25) is 11.8 Å². The molecule has 12 heteroatoms. The van der Waals surface area contributed by atoms with Gasteiger partial charge in [0.05, 0.1) is 22.6 Å². The zero-order valence-electron chi connectivity index (χ0n) is 25.0. The summed E-state index contributed by atoms with van der Waals surface area (Å²) in [5, 5.41) is 14.5. The number of hydrogen-bond acceptors (Lipinski definition) is 7. The number of nitrogens with zero attached hydrogens (tertiary/aromatic N) is 3. The number of amides is 2. The maximum absolute atomic E-state index is 14.0. The van der Waals surface area contributed by atoms with Crippen molar-refractivity contribution in [3.63, 3.8) is 0 Å². The number of carbonyl (C=O) groups excluding carboxylic acids is 2. The molecule has 43 heavy (non-hydrogen) atoms. The average Bonchev–Trinajstić information content (AvgIpc) is 3.00. The van der Waals surface area contributed by atoms with Gasteiger partial charge in [0.25, 0.3) is 15.7 Å². The molecule has 0 saturated carbocycles. The van der Waals surface area contributed by atoms with Gasteiger partial charge in [-0.3, -0.25) is 24.0 Å². The van der Waals surface area contributed by atoms with Gasteiger partial charge in [-0.05, 0) is 69.5 Å². The number of sulfonamides is 1. The smallest absolute Gasteiger partial charge is 0.273 e. The van der Waals surface area contributed by atoms with Gasteiger partial charge in [-0.25, -0.2) is 8.42 Å². The van der Waals surface area contributed by atoms with Crippen molar-refractivity contribution in [2.75, 3.05) is 24.5 Å². The highest BCUT2D eigenvalue weighted by Gasteiger charge is 2.33. The number of nitro groups is 1. The Balaban J connectivity index is 2.04. The van der Waals surface area contributed by atoms with Crippen LogP contribution in [0.3, 0.4) is 0 Å².